The lowest BCUT2D eigenvalue weighted by atomic mass is 10.1. The number of benzene rings is 1. The van der Waals surface area contributed by atoms with Crippen molar-refractivity contribution in [3.8, 4) is 5.75 Å². The molecule has 2 N–H and O–H groups in total. The van der Waals surface area contributed by atoms with Gasteiger partial charge in [-0.2, -0.15) is 0 Å². The zero-order valence-corrected chi connectivity index (χ0v) is 17.6. The predicted molar refractivity (Wildman–Crippen MR) is 115 cm³/mol. The average molecular weight is 422 g/mol. The fourth-order valence-corrected chi connectivity index (χ4v) is 1.41. The van der Waals surface area contributed by atoms with E-state index >= 15 is 0 Å². The summed E-state index contributed by atoms with van der Waals surface area (Å²) in [6, 6.07) is 6.45. The van der Waals surface area contributed by atoms with E-state index < -0.39 is 0 Å². The molecule has 22 heavy (non-hydrogen) atoms. The molecule has 4 nitrogen and oxygen atoms in total. The van der Waals surface area contributed by atoms with Gasteiger partial charge in [-0.1, -0.05) is 12.1 Å². The second-order valence-corrected chi connectivity index (χ2v) is 3.46. The van der Waals surface area contributed by atoms with Crippen LogP contribution in [0, 0.1) is 0 Å². The molecule has 0 saturated carbocycles. The van der Waals surface area contributed by atoms with E-state index in [0.29, 0.717) is 13.0 Å². The highest BCUT2D eigenvalue weighted by Crippen LogP contribution is 2.11. The van der Waals surface area contributed by atoms with E-state index in [0.717, 1.165) is 5.56 Å². The Hall–Kier alpha value is 0.550. The molecule has 1 atom stereocenters. The van der Waals surface area contributed by atoms with Gasteiger partial charge in [0.1, 0.15) is 11.8 Å². The Balaban J connectivity index is -0.000000535. The Morgan fingerprint density at radius 2 is 1.59 bits per heavy atom. The minimum atomic E-state index is -0.343. The summed E-state index contributed by atoms with van der Waals surface area (Å²) in [5.41, 5.74) is 0.977. The molecular formula is C12H23NO3S6. The number of phenols is 1. The van der Waals surface area contributed by atoms with E-state index in [1.165, 1.54) is 0 Å². The van der Waals surface area contributed by atoms with Crippen molar-refractivity contribution in [3.63, 3.8) is 0 Å². The topological polar surface area (TPSA) is 58.6 Å². The van der Waals surface area contributed by atoms with Crippen LogP contribution in [0.2, 0.25) is 0 Å². The number of ether oxygens (including phenoxy) is 1. The maximum Gasteiger partial charge on any atom is 0.323 e. The highest BCUT2D eigenvalue weighted by molar-refractivity contribution is 8.60. The van der Waals surface area contributed by atoms with E-state index in [9.17, 15) is 4.79 Å². The van der Waals surface area contributed by atoms with Crippen molar-refractivity contribution >= 4 is 75.9 Å². The summed E-state index contributed by atoms with van der Waals surface area (Å²) < 4.78 is 4.94. The van der Waals surface area contributed by atoms with Crippen molar-refractivity contribution in [2.75, 3.05) is 13.7 Å². The fraction of sp³-hybridized carbons (Fsp3) is 0.417. The molecule has 0 fully saturated rings. The zero-order valence-electron chi connectivity index (χ0n) is 12.2. The molecule has 1 aromatic rings. The summed E-state index contributed by atoms with van der Waals surface area (Å²) in [4.78, 5) is 11.5. The van der Waals surface area contributed by atoms with Crippen LogP contribution in [0.5, 0.6) is 5.75 Å². The number of hydrogen-bond acceptors (Lipinski definition) is 10. The number of carbonyl (C=O) groups is 1. The van der Waals surface area contributed by atoms with Crippen molar-refractivity contribution in [2.24, 2.45) is 0 Å². The molecule has 0 aliphatic carbocycles. The number of carbonyl (C=O) groups excluding carboxylic acids is 1. The Morgan fingerprint density at radius 1 is 1.14 bits per heavy atom. The largest absolute Gasteiger partial charge is 0.508 e. The third-order valence-corrected chi connectivity index (χ3v) is 2.30. The predicted octanol–water partition coefficient (Wildman–Crippen LogP) is 3.37. The first-order chi connectivity index (χ1) is 10.7. The first kappa shape index (κ1) is 27.4. The minimum absolute atomic E-state index is 0.223. The van der Waals surface area contributed by atoms with E-state index in [4.69, 9.17) is 9.84 Å². The summed E-state index contributed by atoms with van der Waals surface area (Å²) >= 11 is 19.3. The van der Waals surface area contributed by atoms with Crippen molar-refractivity contribution in [1.82, 2.24) is 5.32 Å². The van der Waals surface area contributed by atoms with Crippen molar-refractivity contribution in [3.05, 3.63) is 29.8 Å². The van der Waals surface area contributed by atoms with Gasteiger partial charge in [-0.3, -0.25) is 4.79 Å². The molecule has 130 valence electrons. The van der Waals surface area contributed by atoms with E-state index in [1.807, 2.05) is 0 Å². The Morgan fingerprint density at radius 3 is 1.95 bits per heavy atom. The number of aromatic hydroxyl groups is 1. The molecule has 0 amide bonds. The summed E-state index contributed by atoms with van der Waals surface area (Å²) in [5, 5.41) is 12.0. The molecule has 1 unspecified atom stereocenters. The number of likely N-dealkylation sites (N-methyl/N-ethyl adjacent to an activating group) is 1. The number of thiol groups is 6. The van der Waals surface area contributed by atoms with Crippen LogP contribution in [0.25, 0.3) is 0 Å². The fourth-order valence-electron chi connectivity index (χ4n) is 1.41. The van der Waals surface area contributed by atoms with Gasteiger partial charge < -0.3 is 15.2 Å². The minimum Gasteiger partial charge on any atom is -0.508 e. The summed E-state index contributed by atoms with van der Waals surface area (Å²) in [6.45, 7) is 2.16. The van der Waals surface area contributed by atoms with Gasteiger partial charge in [-0.25, -0.2) is 0 Å². The van der Waals surface area contributed by atoms with Gasteiger partial charge in [-0.15, -0.1) is 70.0 Å². The monoisotopic (exact) mass is 421 g/mol. The number of phenolic OH excluding ortho intramolecular Hbond substituents is 1. The van der Waals surface area contributed by atoms with Crippen molar-refractivity contribution in [1.29, 1.82) is 0 Å². The lowest BCUT2D eigenvalue weighted by Crippen LogP contribution is -2.37. The van der Waals surface area contributed by atoms with Crippen LogP contribution in [0.15, 0.2) is 24.3 Å². The number of hydrogen-bond donors (Lipinski definition) is 8. The van der Waals surface area contributed by atoms with Crippen LogP contribution in [-0.4, -0.2) is 30.8 Å². The highest BCUT2D eigenvalue weighted by Gasteiger charge is 2.17. The van der Waals surface area contributed by atoms with Crippen LogP contribution < -0.4 is 5.32 Å². The molecule has 0 saturated heterocycles. The second kappa shape index (κ2) is 21.6. The van der Waals surface area contributed by atoms with Crippen LogP contribution in [0.4, 0.5) is 0 Å². The van der Waals surface area contributed by atoms with Crippen molar-refractivity contribution < 1.29 is 14.6 Å². The summed E-state index contributed by atoms with van der Waals surface area (Å²) in [6.07, 6.45) is 0.551. The average Bonchev–Trinajstić information content (AvgIpc) is 2.60. The van der Waals surface area contributed by atoms with E-state index in [-0.39, 0.29) is 17.8 Å². The number of nitrogens with one attached hydrogen (secondary N) is 1. The van der Waals surface area contributed by atoms with Crippen molar-refractivity contribution in [2.45, 2.75) is 19.4 Å². The molecule has 10 heteroatoms. The van der Waals surface area contributed by atoms with E-state index in [2.05, 4.69) is 75.3 Å². The Kier molecular flexibility index (Phi) is 26.8. The van der Waals surface area contributed by atoms with Crippen LogP contribution in [0.1, 0.15) is 12.5 Å². The smallest absolute Gasteiger partial charge is 0.323 e. The number of rotatable bonds is 5. The van der Waals surface area contributed by atoms with Gasteiger partial charge >= 0.3 is 5.97 Å². The van der Waals surface area contributed by atoms with Gasteiger partial charge in [0.05, 0.1) is 6.61 Å². The molecule has 0 radical (unpaired) electrons. The second-order valence-electron chi connectivity index (χ2n) is 3.46. The van der Waals surface area contributed by atoms with E-state index in [1.54, 1.807) is 38.2 Å². The molecule has 0 spiro atoms. The maximum absolute atomic E-state index is 11.5. The molecule has 0 heterocycles. The lowest BCUT2D eigenvalue weighted by molar-refractivity contribution is -0.145. The molecule has 0 bridgehead atoms. The molecular weight excluding hydrogens is 399 g/mol. The molecule has 1 rings (SSSR count). The van der Waals surface area contributed by atoms with Gasteiger partial charge in [0.15, 0.2) is 0 Å². The molecule has 0 aliphatic rings. The third kappa shape index (κ3) is 14.2. The Labute approximate surface area is 163 Å². The maximum atomic E-state index is 11.5. The normalized spacial score (nSPS) is 9.64. The standard InChI is InChI=1S/C12H17NO3.3H2S2/c1-3-16-12(15)11(13-2)8-9-4-6-10(14)7-5-9;3*1-2/h4-7,11,13-14H,3,8H2,1-2H3;3*1-2H. The first-order valence-electron chi connectivity index (χ1n) is 5.89. The first-order valence-corrected chi connectivity index (χ1v) is 10.7. The van der Waals surface area contributed by atoms with Gasteiger partial charge in [-0.05, 0) is 38.1 Å². The third-order valence-electron chi connectivity index (χ3n) is 2.30. The lowest BCUT2D eigenvalue weighted by Gasteiger charge is -2.14. The molecule has 0 aromatic heterocycles. The SMILES string of the molecule is CCOC(=O)C(Cc1ccc(O)cc1)NC.SS.SS.SS. The van der Waals surface area contributed by atoms with Crippen LogP contribution in [0.3, 0.4) is 0 Å². The molecule has 1 aromatic carbocycles. The van der Waals surface area contributed by atoms with Gasteiger partial charge in [0.2, 0.25) is 0 Å². The molecule has 0 aliphatic heterocycles. The van der Waals surface area contributed by atoms with Gasteiger partial charge in [0.25, 0.3) is 0 Å². The highest BCUT2D eigenvalue weighted by atomic mass is 33.1. The Bertz CT molecular complexity index is 353. The summed E-state index contributed by atoms with van der Waals surface area (Å²) in [7, 11) is 1.72. The number of esters is 1. The quantitative estimate of drug-likeness (QED) is 0.213. The van der Waals surface area contributed by atoms with Crippen LogP contribution in [-0.2, 0) is 16.0 Å². The van der Waals surface area contributed by atoms with Crippen LogP contribution >= 0.6 is 70.0 Å². The zero-order chi connectivity index (χ0) is 18.0. The van der Waals surface area contributed by atoms with Gasteiger partial charge in [0, 0.05) is 0 Å². The summed E-state index contributed by atoms with van der Waals surface area (Å²) in [5.74, 6) is -0.0287.